The van der Waals surface area contributed by atoms with Crippen LogP contribution < -0.4 is 5.32 Å². The first-order valence-corrected chi connectivity index (χ1v) is 10.2. The van der Waals surface area contributed by atoms with Crippen molar-refractivity contribution in [1.82, 2.24) is 15.3 Å². The first kappa shape index (κ1) is 18.6. The fourth-order valence-corrected chi connectivity index (χ4v) is 4.52. The normalized spacial score (nSPS) is 25.8. The Morgan fingerprint density at radius 2 is 2.15 bits per heavy atom. The van der Waals surface area contributed by atoms with Crippen molar-refractivity contribution in [2.24, 2.45) is 0 Å². The predicted molar refractivity (Wildman–Crippen MR) is 105 cm³/mol. The van der Waals surface area contributed by atoms with E-state index < -0.39 is 0 Å². The van der Waals surface area contributed by atoms with Crippen LogP contribution in [0.25, 0.3) is 10.2 Å². The average Bonchev–Trinajstić information content (AvgIpc) is 3.10. The van der Waals surface area contributed by atoms with Crippen molar-refractivity contribution in [2.75, 3.05) is 0 Å². The summed E-state index contributed by atoms with van der Waals surface area (Å²) < 4.78 is 7.09. The Hall–Kier alpha value is -1.80. The minimum Gasteiger partial charge on any atom is -0.393 e. The van der Waals surface area contributed by atoms with Gasteiger partial charge in [0, 0.05) is 22.3 Å². The summed E-state index contributed by atoms with van der Waals surface area (Å²) in [6.45, 7) is 0. The molecule has 0 aromatic carbocycles. The van der Waals surface area contributed by atoms with E-state index in [4.69, 9.17) is 16.3 Å². The number of nitrogens with one attached hydrogen (secondary N) is 1. The first-order chi connectivity index (χ1) is 13.1. The summed E-state index contributed by atoms with van der Waals surface area (Å²) in [4.78, 5) is 21.0. The fourth-order valence-electron chi connectivity index (χ4n) is 3.45. The Morgan fingerprint density at radius 3 is 2.96 bits per heavy atom. The maximum absolute atomic E-state index is 12.8. The Labute approximate surface area is 165 Å². The number of aromatic nitrogens is 2. The molecule has 2 aliphatic rings. The van der Waals surface area contributed by atoms with Crippen LogP contribution in [0.5, 0.6) is 0 Å². The number of amides is 1. The lowest BCUT2D eigenvalue weighted by atomic mass is 9.94. The van der Waals surface area contributed by atoms with Gasteiger partial charge in [-0.3, -0.25) is 4.79 Å². The van der Waals surface area contributed by atoms with Crippen molar-refractivity contribution in [1.29, 1.82) is 0 Å². The number of halogens is 1. The molecule has 0 bridgehead atoms. The molecule has 6 nitrogen and oxygen atoms in total. The second-order valence-corrected chi connectivity index (χ2v) is 8.17. The predicted octanol–water partition coefficient (Wildman–Crippen LogP) is 3.52. The molecule has 8 heteroatoms. The van der Waals surface area contributed by atoms with Crippen LogP contribution in [-0.4, -0.2) is 39.3 Å². The second kappa shape index (κ2) is 8.06. The largest absolute Gasteiger partial charge is 0.393 e. The number of thiophene rings is 1. The molecule has 2 aromatic rings. The van der Waals surface area contributed by atoms with Gasteiger partial charge in [-0.25, -0.2) is 9.97 Å². The van der Waals surface area contributed by atoms with Crippen LogP contribution in [-0.2, 0) is 4.74 Å². The third-order valence-electron chi connectivity index (χ3n) is 4.91. The fraction of sp³-hybridized carbons (Fsp3) is 0.421. The summed E-state index contributed by atoms with van der Waals surface area (Å²) in [5, 5.41) is 15.0. The number of hydrogen-bond acceptors (Lipinski definition) is 6. The van der Waals surface area contributed by atoms with Gasteiger partial charge in [0.2, 0.25) is 0 Å². The molecule has 1 atom stereocenters. The number of fused-ring (bicyclic) bond motifs is 1. The standard InChI is InChI=1S/C19H20ClN3O3S/c20-11-1-6-16(26-13-4-2-12(24)3-5-13)15(7-11)23-19(25)14-9-27-17-8-21-10-22-18(14)17/h1,7-10,12-13,16,24H,2-6H2,(H,23,25). The quantitative estimate of drug-likeness (QED) is 0.812. The van der Waals surface area contributed by atoms with Crippen LogP contribution in [0.3, 0.4) is 0 Å². The number of hydrogen-bond donors (Lipinski definition) is 2. The smallest absolute Gasteiger partial charge is 0.258 e. The van der Waals surface area contributed by atoms with Crippen molar-refractivity contribution < 1.29 is 14.6 Å². The van der Waals surface area contributed by atoms with E-state index in [1.54, 1.807) is 17.7 Å². The number of rotatable bonds is 4. The summed E-state index contributed by atoms with van der Waals surface area (Å²) >= 11 is 7.60. The van der Waals surface area contributed by atoms with E-state index in [0.717, 1.165) is 30.4 Å². The molecule has 27 heavy (non-hydrogen) atoms. The summed E-state index contributed by atoms with van der Waals surface area (Å²) in [6.07, 6.45) is 10.1. The number of ether oxygens (including phenoxy) is 1. The molecule has 2 aromatic heterocycles. The molecule has 0 saturated heterocycles. The van der Waals surface area contributed by atoms with Crippen LogP contribution in [0.15, 0.2) is 40.8 Å². The van der Waals surface area contributed by atoms with Crippen molar-refractivity contribution in [3.05, 3.63) is 46.3 Å². The molecule has 0 spiro atoms. The van der Waals surface area contributed by atoms with E-state index >= 15 is 0 Å². The molecule has 1 fully saturated rings. The molecule has 1 unspecified atom stereocenters. The summed E-state index contributed by atoms with van der Waals surface area (Å²) in [5.74, 6) is -0.231. The highest BCUT2D eigenvalue weighted by Crippen LogP contribution is 2.29. The van der Waals surface area contributed by atoms with Gasteiger partial charge in [0.1, 0.15) is 12.4 Å². The summed E-state index contributed by atoms with van der Waals surface area (Å²) in [5.41, 5.74) is 1.82. The Balaban J connectivity index is 1.49. The highest BCUT2D eigenvalue weighted by atomic mass is 35.5. The second-order valence-electron chi connectivity index (χ2n) is 6.82. The SMILES string of the molecule is O=C(NC1=CC(Cl)=CCC1OC1CCC(O)CC1)c1csc2cncnc12. The molecule has 2 aliphatic carbocycles. The molecule has 0 radical (unpaired) electrons. The lowest BCUT2D eigenvalue weighted by Crippen LogP contribution is -2.36. The molecule has 1 amide bonds. The minimum atomic E-state index is -0.254. The number of aliphatic hydroxyl groups excluding tert-OH is 1. The van der Waals surface area contributed by atoms with Crippen LogP contribution in [0.1, 0.15) is 42.5 Å². The van der Waals surface area contributed by atoms with Gasteiger partial charge in [-0.2, -0.15) is 0 Å². The number of aliphatic hydroxyl groups is 1. The maximum atomic E-state index is 12.8. The first-order valence-electron chi connectivity index (χ1n) is 8.99. The maximum Gasteiger partial charge on any atom is 0.258 e. The zero-order chi connectivity index (χ0) is 18.8. The molecule has 0 aliphatic heterocycles. The molecule has 2 N–H and O–H groups in total. The average molecular weight is 406 g/mol. The van der Waals surface area contributed by atoms with Crippen LogP contribution in [0.4, 0.5) is 0 Å². The van der Waals surface area contributed by atoms with E-state index in [9.17, 15) is 9.90 Å². The molecular weight excluding hydrogens is 386 g/mol. The Bertz CT molecular complexity index is 902. The van der Waals surface area contributed by atoms with Crippen molar-refractivity contribution in [3.63, 3.8) is 0 Å². The van der Waals surface area contributed by atoms with Gasteiger partial charge in [0.15, 0.2) is 0 Å². The van der Waals surface area contributed by atoms with Crippen molar-refractivity contribution in [3.8, 4) is 0 Å². The van der Waals surface area contributed by atoms with Crippen LogP contribution >= 0.6 is 22.9 Å². The highest BCUT2D eigenvalue weighted by Gasteiger charge is 2.27. The molecular formula is C19H20ClN3O3S. The summed E-state index contributed by atoms with van der Waals surface area (Å²) in [6, 6.07) is 0. The van der Waals surface area contributed by atoms with Gasteiger partial charge in [-0.15, -0.1) is 11.3 Å². The lowest BCUT2D eigenvalue weighted by molar-refractivity contribution is -0.0349. The zero-order valence-corrected chi connectivity index (χ0v) is 16.2. The summed E-state index contributed by atoms with van der Waals surface area (Å²) in [7, 11) is 0. The van der Waals surface area contributed by atoms with Gasteiger partial charge in [-0.05, 0) is 38.2 Å². The Kier molecular flexibility index (Phi) is 5.54. The third-order valence-corrected chi connectivity index (χ3v) is 6.08. The van der Waals surface area contributed by atoms with Gasteiger partial charge in [0.25, 0.3) is 5.91 Å². The van der Waals surface area contributed by atoms with Gasteiger partial charge < -0.3 is 15.2 Å². The van der Waals surface area contributed by atoms with E-state index in [2.05, 4.69) is 15.3 Å². The molecule has 4 rings (SSSR count). The monoisotopic (exact) mass is 405 g/mol. The topological polar surface area (TPSA) is 84.3 Å². The van der Waals surface area contributed by atoms with E-state index in [0.29, 0.717) is 28.2 Å². The highest BCUT2D eigenvalue weighted by molar-refractivity contribution is 7.17. The lowest BCUT2D eigenvalue weighted by Gasteiger charge is -2.31. The number of carbonyl (C=O) groups is 1. The third kappa shape index (κ3) is 4.21. The van der Waals surface area contributed by atoms with Gasteiger partial charge >= 0.3 is 0 Å². The van der Waals surface area contributed by atoms with Gasteiger partial charge in [0.05, 0.1) is 28.0 Å². The number of nitrogens with zero attached hydrogens (tertiary/aromatic N) is 2. The zero-order valence-electron chi connectivity index (χ0n) is 14.6. The molecule has 142 valence electrons. The number of carbonyl (C=O) groups excluding carboxylic acids is 1. The van der Waals surface area contributed by atoms with Crippen LogP contribution in [0.2, 0.25) is 0 Å². The molecule has 2 heterocycles. The van der Waals surface area contributed by atoms with E-state index in [1.165, 1.54) is 17.7 Å². The van der Waals surface area contributed by atoms with Crippen molar-refractivity contribution in [2.45, 2.75) is 50.4 Å². The minimum absolute atomic E-state index is 0.0821. The van der Waals surface area contributed by atoms with E-state index in [1.807, 2.05) is 6.08 Å². The van der Waals surface area contributed by atoms with Crippen molar-refractivity contribution >= 4 is 39.1 Å². The molecule has 1 saturated carbocycles. The van der Waals surface area contributed by atoms with Crippen LogP contribution in [0, 0.1) is 0 Å². The van der Waals surface area contributed by atoms with E-state index in [-0.39, 0.29) is 24.2 Å². The number of allylic oxidation sites excluding steroid dienone is 2. The Morgan fingerprint density at radius 1 is 1.33 bits per heavy atom. The van der Waals surface area contributed by atoms with Gasteiger partial charge in [-0.1, -0.05) is 17.7 Å².